The fourth-order valence-electron chi connectivity index (χ4n) is 2.77. The first-order valence-electron chi connectivity index (χ1n) is 8.53. The molecule has 0 fully saturated rings. The van der Waals surface area contributed by atoms with Crippen LogP contribution >= 0.6 is 0 Å². The molecule has 3 amide bonds. The maximum Gasteiger partial charge on any atom is 0.329 e. The molecule has 0 aromatic heterocycles. The molecular formula is C20H17FN2O5. The second-order valence-corrected chi connectivity index (χ2v) is 6.28. The third-order valence-electron chi connectivity index (χ3n) is 4.33. The second kappa shape index (κ2) is 7.59. The number of rotatable bonds is 5. The molecule has 1 N–H and O–H groups in total. The second-order valence-electron chi connectivity index (χ2n) is 6.28. The molecule has 2 aromatic rings. The highest BCUT2D eigenvalue weighted by Gasteiger charge is 2.41. The van der Waals surface area contributed by atoms with E-state index in [0.717, 1.165) is 4.90 Å². The predicted molar refractivity (Wildman–Crippen MR) is 97.0 cm³/mol. The molecule has 0 bridgehead atoms. The molecular weight excluding hydrogens is 367 g/mol. The van der Waals surface area contributed by atoms with E-state index in [-0.39, 0.29) is 11.1 Å². The minimum absolute atomic E-state index is 0.217. The Bertz CT molecular complexity index is 922. The van der Waals surface area contributed by atoms with Gasteiger partial charge in [-0.2, -0.15) is 0 Å². The zero-order valence-corrected chi connectivity index (χ0v) is 15.1. The summed E-state index contributed by atoms with van der Waals surface area (Å²) >= 11 is 0. The Kier molecular flexibility index (Phi) is 5.21. The summed E-state index contributed by atoms with van der Waals surface area (Å²) in [6, 6.07) is 10.1. The molecule has 0 aliphatic carbocycles. The van der Waals surface area contributed by atoms with Crippen LogP contribution in [0.15, 0.2) is 48.5 Å². The Labute approximate surface area is 160 Å². The monoisotopic (exact) mass is 384 g/mol. The summed E-state index contributed by atoms with van der Waals surface area (Å²) in [6.45, 7) is 2.71. The molecule has 0 saturated heterocycles. The minimum Gasteiger partial charge on any atom is -0.451 e. The van der Waals surface area contributed by atoms with Gasteiger partial charge < -0.3 is 10.1 Å². The molecule has 0 unspecified atom stereocenters. The molecule has 1 aliphatic heterocycles. The minimum atomic E-state index is -1.20. The van der Waals surface area contributed by atoms with Crippen LogP contribution in [0, 0.1) is 5.82 Å². The van der Waals surface area contributed by atoms with Gasteiger partial charge in [0.25, 0.3) is 17.7 Å². The maximum absolute atomic E-state index is 12.9. The van der Waals surface area contributed by atoms with Gasteiger partial charge in [-0.05, 0) is 50.2 Å². The van der Waals surface area contributed by atoms with Gasteiger partial charge >= 0.3 is 5.97 Å². The lowest BCUT2D eigenvalue weighted by molar-refractivity contribution is -0.156. The fourth-order valence-corrected chi connectivity index (χ4v) is 2.77. The Morgan fingerprint density at radius 2 is 1.50 bits per heavy atom. The Hall–Kier alpha value is -3.55. The number of anilines is 1. The first kappa shape index (κ1) is 19.2. The number of esters is 1. The molecule has 2 atom stereocenters. The number of nitrogens with zero attached hydrogens (tertiary/aromatic N) is 1. The summed E-state index contributed by atoms with van der Waals surface area (Å²) in [5.74, 6) is -3.15. The SMILES string of the molecule is C[C@@H](OC(=O)[C@H](C)N1C(=O)c2ccccc2C1=O)C(=O)Nc1ccc(F)cc1. The van der Waals surface area contributed by atoms with Crippen molar-refractivity contribution < 1.29 is 28.3 Å². The van der Waals surface area contributed by atoms with Gasteiger partial charge in [0.1, 0.15) is 11.9 Å². The normalized spacial score (nSPS) is 15.0. The number of nitrogens with one attached hydrogen (secondary N) is 1. The first-order valence-corrected chi connectivity index (χ1v) is 8.53. The van der Waals surface area contributed by atoms with E-state index in [9.17, 15) is 23.6 Å². The van der Waals surface area contributed by atoms with E-state index < -0.39 is 41.7 Å². The van der Waals surface area contributed by atoms with Gasteiger partial charge in [-0.25, -0.2) is 9.18 Å². The van der Waals surface area contributed by atoms with E-state index in [4.69, 9.17) is 4.74 Å². The lowest BCUT2D eigenvalue weighted by Gasteiger charge is -2.22. The summed E-state index contributed by atoms with van der Waals surface area (Å²) in [6.07, 6.45) is -1.19. The van der Waals surface area contributed by atoms with Gasteiger partial charge in [0, 0.05) is 5.69 Å². The molecule has 28 heavy (non-hydrogen) atoms. The van der Waals surface area contributed by atoms with Crippen molar-refractivity contribution in [1.29, 1.82) is 0 Å². The number of hydrogen-bond donors (Lipinski definition) is 1. The zero-order valence-electron chi connectivity index (χ0n) is 15.1. The van der Waals surface area contributed by atoms with E-state index >= 15 is 0 Å². The van der Waals surface area contributed by atoms with Gasteiger partial charge in [-0.1, -0.05) is 12.1 Å². The number of amides is 3. The number of fused-ring (bicyclic) bond motifs is 1. The number of carbonyl (C=O) groups excluding carboxylic acids is 4. The van der Waals surface area contributed by atoms with Crippen molar-refractivity contribution >= 4 is 29.4 Å². The van der Waals surface area contributed by atoms with Crippen LogP contribution in [0.25, 0.3) is 0 Å². The van der Waals surface area contributed by atoms with Crippen LogP contribution in [0.5, 0.6) is 0 Å². The topological polar surface area (TPSA) is 92.8 Å². The average molecular weight is 384 g/mol. The first-order chi connectivity index (χ1) is 13.3. The number of hydrogen-bond acceptors (Lipinski definition) is 5. The van der Waals surface area contributed by atoms with Gasteiger partial charge in [-0.3, -0.25) is 19.3 Å². The lowest BCUT2D eigenvalue weighted by atomic mass is 10.1. The third-order valence-corrected chi connectivity index (χ3v) is 4.33. The van der Waals surface area contributed by atoms with E-state index in [2.05, 4.69) is 5.32 Å². The van der Waals surface area contributed by atoms with Crippen molar-refractivity contribution in [1.82, 2.24) is 4.90 Å². The maximum atomic E-state index is 12.9. The lowest BCUT2D eigenvalue weighted by Crippen LogP contribution is -2.45. The summed E-state index contributed by atoms with van der Waals surface area (Å²) in [5, 5.41) is 2.48. The van der Waals surface area contributed by atoms with E-state index in [1.807, 2.05) is 0 Å². The largest absolute Gasteiger partial charge is 0.451 e. The van der Waals surface area contributed by atoms with Crippen LogP contribution in [0.4, 0.5) is 10.1 Å². The van der Waals surface area contributed by atoms with Crippen LogP contribution < -0.4 is 5.32 Å². The van der Waals surface area contributed by atoms with Gasteiger partial charge in [0.15, 0.2) is 6.10 Å². The predicted octanol–water partition coefficient (Wildman–Crippen LogP) is 2.38. The molecule has 8 heteroatoms. The quantitative estimate of drug-likeness (QED) is 0.631. The van der Waals surface area contributed by atoms with Crippen LogP contribution in [0.2, 0.25) is 0 Å². The van der Waals surface area contributed by atoms with Crippen LogP contribution in [0.1, 0.15) is 34.6 Å². The standard InChI is InChI=1S/C20H17FN2O5/c1-11(23-18(25)15-5-3-4-6-16(15)19(23)26)20(27)28-12(2)17(24)22-14-9-7-13(21)8-10-14/h3-12H,1-2H3,(H,22,24)/t11-,12+/m0/s1. The molecule has 0 radical (unpaired) electrons. The highest BCUT2D eigenvalue weighted by atomic mass is 19.1. The van der Waals surface area contributed by atoms with Crippen LogP contribution in [0.3, 0.4) is 0 Å². The molecule has 0 spiro atoms. The Balaban J connectivity index is 1.64. The van der Waals surface area contributed by atoms with E-state index in [1.165, 1.54) is 50.2 Å². The molecule has 7 nitrogen and oxygen atoms in total. The molecule has 2 aromatic carbocycles. The van der Waals surface area contributed by atoms with Crippen molar-refractivity contribution in [3.63, 3.8) is 0 Å². The number of imide groups is 1. The van der Waals surface area contributed by atoms with Gasteiger partial charge in [-0.15, -0.1) is 0 Å². The molecule has 3 rings (SSSR count). The summed E-state index contributed by atoms with van der Waals surface area (Å²) in [5.41, 5.74) is 0.770. The van der Waals surface area contributed by atoms with Crippen molar-refractivity contribution in [2.24, 2.45) is 0 Å². The number of carbonyl (C=O) groups is 4. The van der Waals surface area contributed by atoms with Gasteiger partial charge in [0.2, 0.25) is 0 Å². The fraction of sp³-hybridized carbons (Fsp3) is 0.200. The highest BCUT2D eigenvalue weighted by Crippen LogP contribution is 2.25. The summed E-state index contributed by atoms with van der Waals surface area (Å²) in [7, 11) is 0. The number of benzene rings is 2. The van der Waals surface area contributed by atoms with E-state index in [0.29, 0.717) is 5.69 Å². The molecule has 0 saturated carbocycles. The van der Waals surface area contributed by atoms with E-state index in [1.54, 1.807) is 12.1 Å². The van der Waals surface area contributed by atoms with Crippen LogP contribution in [-0.2, 0) is 14.3 Å². The molecule has 144 valence electrons. The van der Waals surface area contributed by atoms with Crippen molar-refractivity contribution in [3.8, 4) is 0 Å². The van der Waals surface area contributed by atoms with Crippen molar-refractivity contribution in [3.05, 3.63) is 65.5 Å². The Morgan fingerprint density at radius 3 is 2.04 bits per heavy atom. The average Bonchev–Trinajstić information content (AvgIpc) is 2.93. The number of ether oxygens (including phenoxy) is 1. The molecule has 1 aliphatic rings. The van der Waals surface area contributed by atoms with Crippen LogP contribution in [-0.4, -0.2) is 40.7 Å². The van der Waals surface area contributed by atoms with Crippen molar-refractivity contribution in [2.75, 3.05) is 5.32 Å². The third kappa shape index (κ3) is 3.62. The highest BCUT2D eigenvalue weighted by molar-refractivity contribution is 6.22. The summed E-state index contributed by atoms with van der Waals surface area (Å²) < 4.78 is 18.0. The smallest absolute Gasteiger partial charge is 0.329 e. The Morgan fingerprint density at radius 1 is 0.964 bits per heavy atom. The summed E-state index contributed by atoms with van der Waals surface area (Å²) in [4.78, 5) is 50.2. The van der Waals surface area contributed by atoms with Crippen molar-refractivity contribution in [2.45, 2.75) is 26.0 Å². The van der Waals surface area contributed by atoms with Gasteiger partial charge in [0.05, 0.1) is 11.1 Å². The zero-order chi connectivity index (χ0) is 20.4. The number of halogens is 1. The molecule has 1 heterocycles.